The molecule has 7 nitrogen and oxygen atoms in total. The van der Waals surface area contributed by atoms with Gasteiger partial charge in [0, 0.05) is 12.6 Å². The number of carbonyl (C=O) groups excluding carboxylic acids is 1. The van der Waals surface area contributed by atoms with Crippen LogP contribution < -0.4 is 10.1 Å². The predicted octanol–water partition coefficient (Wildman–Crippen LogP) is 3.24. The van der Waals surface area contributed by atoms with Gasteiger partial charge in [-0.15, -0.1) is 0 Å². The van der Waals surface area contributed by atoms with Gasteiger partial charge in [-0.3, -0.25) is 19.8 Å². The van der Waals surface area contributed by atoms with Crippen LogP contribution in [-0.2, 0) is 17.8 Å². The molecule has 0 spiro atoms. The van der Waals surface area contributed by atoms with Gasteiger partial charge in [0.15, 0.2) is 0 Å². The first-order valence-electron chi connectivity index (χ1n) is 8.31. The molecule has 2 aromatic carbocycles. The first kappa shape index (κ1) is 19.4. The average molecular weight is 357 g/mol. The van der Waals surface area contributed by atoms with Gasteiger partial charge in [-0.05, 0) is 30.7 Å². The van der Waals surface area contributed by atoms with E-state index in [1.807, 2.05) is 11.9 Å². The average Bonchev–Trinajstić information content (AvgIpc) is 2.62. The number of likely N-dealkylation sites (N-methyl/N-ethyl adjacent to an activating group) is 1. The molecule has 0 atom stereocenters. The minimum Gasteiger partial charge on any atom is -0.494 e. The molecule has 0 aliphatic carbocycles. The van der Waals surface area contributed by atoms with E-state index in [-0.39, 0.29) is 23.9 Å². The molecule has 26 heavy (non-hydrogen) atoms. The van der Waals surface area contributed by atoms with Crippen LogP contribution in [0.15, 0.2) is 42.5 Å². The number of nitro groups is 1. The van der Waals surface area contributed by atoms with Crippen LogP contribution in [0.1, 0.15) is 18.1 Å². The smallest absolute Gasteiger partial charge is 0.273 e. The van der Waals surface area contributed by atoms with Crippen molar-refractivity contribution >= 4 is 17.3 Å². The van der Waals surface area contributed by atoms with Gasteiger partial charge in [-0.2, -0.15) is 0 Å². The largest absolute Gasteiger partial charge is 0.494 e. The zero-order valence-electron chi connectivity index (χ0n) is 15.2. The van der Waals surface area contributed by atoms with E-state index in [1.54, 1.807) is 0 Å². The Kier molecular flexibility index (Phi) is 6.68. The summed E-state index contributed by atoms with van der Waals surface area (Å²) >= 11 is 0. The number of nitrogens with zero attached hydrogens (tertiary/aromatic N) is 2. The Bertz CT molecular complexity index is 775. The third-order valence-electron chi connectivity index (χ3n) is 3.97. The van der Waals surface area contributed by atoms with Crippen molar-refractivity contribution < 1.29 is 14.5 Å². The van der Waals surface area contributed by atoms with Crippen molar-refractivity contribution in [3.63, 3.8) is 0 Å². The molecule has 1 amide bonds. The SMILES string of the molecule is CCc1ccc(CN(C)CC(=O)Nc2ccc([N+](=O)[O-])cc2OC)cc1. The number of nitrogens with one attached hydrogen (secondary N) is 1. The number of hydrogen-bond acceptors (Lipinski definition) is 5. The zero-order valence-corrected chi connectivity index (χ0v) is 15.2. The number of methoxy groups -OCH3 is 1. The van der Waals surface area contributed by atoms with E-state index in [9.17, 15) is 14.9 Å². The van der Waals surface area contributed by atoms with Crippen molar-refractivity contribution in [3.8, 4) is 5.75 Å². The van der Waals surface area contributed by atoms with Gasteiger partial charge in [0.2, 0.25) is 5.91 Å². The molecule has 0 aromatic heterocycles. The monoisotopic (exact) mass is 357 g/mol. The molecule has 0 bridgehead atoms. The topological polar surface area (TPSA) is 84.7 Å². The highest BCUT2D eigenvalue weighted by Crippen LogP contribution is 2.28. The number of rotatable bonds is 8. The fourth-order valence-electron chi connectivity index (χ4n) is 2.58. The molecule has 2 aromatic rings. The van der Waals surface area contributed by atoms with Crippen molar-refractivity contribution in [2.45, 2.75) is 19.9 Å². The van der Waals surface area contributed by atoms with Crippen molar-refractivity contribution in [2.75, 3.05) is 26.0 Å². The summed E-state index contributed by atoms with van der Waals surface area (Å²) in [6, 6.07) is 12.4. The van der Waals surface area contributed by atoms with E-state index in [0.29, 0.717) is 12.2 Å². The molecule has 0 aliphatic rings. The van der Waals surface area contributed by atoms with Crippen LogP contribution >= 0.6 is 0 Å². The Morgan fingerprint density at radius 3 is 2.42 bits per heavy atom. The van der Waals surface area contributed by atoms with Crippen LogP contribution in [-0.4, -0.2) is 36.4 Å². The van der Waals surface area contributed by atoms with Crippen LogP contribution in [0, 0.1) is 10.1 Å². The van der Waals surface area contributed by atoms with Gasteiger partial charge < -0.3 is 10.1 Å². The predicted molar refractivity (Wildman–Crippen MR) is 100 cm³/mol. The maximum Gasteiger partial charge on any atom is 0.273 e. The van der Waals surface area contributed by atoms with Crippen molar-refractivity contribution in [2.24, 2.45) is 0 Å². The summed E-state index contributed by atoms with van der Waals surface area (Å²) in [5, 5.41) is 13.6. The highest BCUT2D eigenvalue weighted by Gasteiger charge is 2.14. The maximum absolute atomic E-state index is 12.3. The lowest BCUT2D eigenvalue weighted by atomic mass is 10.1. The second-order valence-corrected chi connectivity index (χ2v) is 6.03. The molecule has 0 aliphatic heterocycles. The number of amides is 1. The lowest BCUT2D eigenvalue weighted by Gasteiger charge is -2.17. The molecule has 1 N–H and O–H groups in total. The molecule has 0 radical (unpaired) electrons. The second kappa shape index (κ2) is 8.96. The van der Waals surface area contributed by atoms with E-state index in [4.69, 9.17) is 4.74 Å². The Labute approximate surface area is 152 Å². The normalized spacial score (nSPS) is 10.6. The second-order valence-electron chi connectivity index (χ2n) is 6.03. The van der Waals surface area contributed by atoms with Gasteiger partial charge in [0.05, 0.1) is 30.3 Å². The van der Waals surface area contributed by atoms with E-state index in [0.717, 1.165) is 12.0 Å². The highest BCUT2D eigenvalue weighted by molar-refractivity contribution is 5.93. The number of carbonyl (C=O) groups is 1. The number of nitro benzene ring substituents is 1. The number of non-ortho nitro benzene ring substituents is 1. The Balaban J connectivity index is 1.95. The molecule has 2 rings (SSSR count). The Hall–Kier alpha value is -2.93. The van der Waals surface area contributed by atoms with Gasteiger partial charge in [-0.25, -0.2) is 0 Å². The van der Waals surface area contributed by atoms with Crippen LogP contribution in [0.2, 0.25) is 0 Å². The Morgan fingerprint density at radius 2 is 1.85 bits per heavy atom. The van der Waals surface area contributed by atoms with E-state index >= 15 is 0 Å². The standard InChI is InChI=1S/C19H23N3O4/c1-4-14-5-7-15(8-6-14)12-21(2)13-19(23)20-17-10-9-16(22(24)25)11-18(17)26-3/h5-11H,4,12-13H2,1-3H3,(H,20,23). The summed E-state index contributed by atoms with van der Waals surface area (Å²) in [4.78, 5) is 24.5. The molecule has 0 saturated carbocycles. The quantitative estimate of drug-likeness (QED) is 0.579. The zero-order chi connectivity index (χ0) is 19.1. The number of hydrogen-bond donors (Lipinski definition) is 1. The molecule has 0 heterocycles. The molecular formula is C19H23N3O4. The lowest BCUT2D eigenvalue weighted by molar-refractivity contribution is -0.384. The molecule has 7 heteroatoms. The van der Waals surface area contributed by atoms with E-state index in [1.165, 1.54) is 30.9 Å². The van der Waals surface area contributed by atoms with Crippen molar-refractivity contribution in [1.82, 2.24) is 4.90 Å². The lowest BCUT2D eigenvalue weighted by Crippen LogP contribution is -2.30. The van der Waals surface area contributed by atoms with Gasteiger partial charge in [0.1, 0.15) is 5.75 Å². The highest BCUT2D eigenvalue weighted by atomic mass is 16.6. The summed E-state index contributed by atoms with van der Waals surface area (Å²) < 4.78 is 5.13. The summed E-state index contributed by atoms with van der Waals surface area (Å²) in [5.41, 5.74) is 2.72. The molecular weight excluding hydrogens is 334 g/mol. The molecule has 0 unspecified atom stereocenters. The van der Waals surface area contributed by atoms with Crippen LogP contribution in [0.3, 0.4) is 0 Å². The Morgan fingerprint density at radius 1 is 1.19 bits per heavy atom. The fourth-order valence-corrected chi connectivity index (χ4v) is 2.58. The number of aryl methyl sites for hydroxylation is 1. The summed E-state index contributed by atoms with van der Waals surface area (Å²) in [6.45, 7) is 2.95. The van der Waals surface area contributed by atoms with E-state index in [2.05, 4.69) is 36.5 Å². The van der Waals surface area contributed by atoms with Crippen molar-refractivity contribution in [1.29, 1.82) is 0 Å². The maximum atomic E-state index is 12.3. The number of anilines is 1. The summed E-state index contributed by atoms with van der Waals surface area (Å²) in [5.74, 6) is 0.0372. The third-order valence-corrected chi connectivity index (χ3v) is 3.97. The fraction of sp³-hybridized carbons (Fsp3) is 0.316. The minimum atomic E-state index is -0.508. The van der Waals surface area contributed by atoms with Gasteiger partial charge in [0.25, 0.3) is 5.69 Å². The molecule has 0 fully saturated rings. The van der Waals surface area contributed by atoms with E-state index < -0.39 is 4.92 Å². The van der Waals surface area contributed by atoms with Gasteiger partial charge >= 0.3 is 0 Å². The minimum absolute atomic E-state index is 0.0903. The van der Waals surface area contributed by atoms with Crippen molar-refractivity contribution in [3.05, 3.63) is 63.7 Å². The van der Waals surface area contributed by atoms with Crippen LogP contribution in [0.4, 0.5) is 11.4 Å². The van der Waals surface area contributed by atoms with Gasteiger partial charge in [-0.1, -0.05) is 31.2 Å². The summed E-state index contributed by atoms with van der Waals surface area (Å²) in [7, 11) is 3.27. The number of benzene rings is 2. The molecule has 0 saturated heterocycles. The van der Waals surface area contributed by atoms with Crippen LogP contribution in [0.25, 0.3) is 0 Å². The van der Waals surface area contributed by atoms with Crippen LogP contribution in [0.5, 0.6) is 5.75 Å². The first-order valence-corrected chi connectivity index (χ1v) is 8.31. The third kappa shape index (κ3) is 5.29. The molecule has 138 valence electrons. The summed E-state index contributed by atoms with van der Waals surface area (Å²) in [6.07, 6.45) is 0.996. The number of ether oxygens (including phenoxy) is 1. The first-order chi connectivity index (χ1) is 12.4.